The highest BCUT2D eigenvalue weighted by molar-refractivity contribution is 5.69. The Morgan fingerprint density at radius 1 is 0.889 bits per heavy atom. The lowest BCUT2D eigenvalue weighted by atomic mass is 10.1. The second kappa shape index (κ2) is 14.0. The minimum atomic E-state index is -0.0478. The van der Waals surface area contributed by atoms with E-state index in [2.05, 4.69) is 19.1 Å². The average Bonchev–Trinajstić information content (AvgIpc) is 2.38. The van der Waals surface area contributed by atoms with Gasteiger partial charge in [0.25, 0.3) is 0 Å². The van der Waals surface area contributed by atoms with Crippen molar-refractivity contribution >= 4 is 5.97 Å². The molecule has 0 radical (unpaired) electrons. The van der Waals surface area contributed by atoms with Gasteiger partial charge in [-0.3, -0.25) is 4.79 Å². The minimum Gasteiger partial charge on any atom is -0.465 e. The van der Waals surface area contributed by atoms with Gasteiger partial charge >= 0.3 is 5.97 Å². The van der Waals surface area contributed by atoms with Crippen molar-refractivity contribution in [3.8, 4) is 0 Å². The molecule has 0 aliphatic carbocycles. The van der Waals surface area contributed by atoms with Gasteiger partial charge < -0.3 is 4.74 Å². The van der Waals surface area contributed by atoms with Gasteiger partial charge in [0.05, 0.1) is 6.61 Å². The zero-order chi connectivity index (χ0) is 13.5. The summed E-state index contributed by atoms with van der Waals surface area (Å²) < 4.78 is 5.10. The lowest BCUT2D eigenvalue weighted by Gasteiger charge is -2.03. The number of carbonyl (C=O) groups is 1. The first-order valence-corrected chi connectivity index (χ1v) is 7.19. The summed E-state index contributed by atoms with van der Waals surface area (Å²) in [7, 11) is 0. The van der Waals surface area contributed by atoms with Crippen molar-refractivity contribution in [2.75, 3.05) is 6.61 Å². The Kier molecular flexibility index (Phi) is 13.2. The third kappa shape index (κ3) is 13.0. The third-order valence-electron chi connectivity index (χ3n) is 2.77. The van der Waals surface area contributed by atoms with Gasteiger partial charge in [0, 0.05) is 6.42 Å². The normalized spacial score (nSPS) is 11.4. The first-order valence-electron chi connectivity index (χ1n) is 7.19. The third-order valence-corrected chi connectivity index (χ3v) is 2.77. The molecule has 0 saturated carbocycles. The lowest BCUT2D eigenvalue weighted by molar-refractivity contribution is -0.143. The smallest absolute Gasteiger partial charge is 0.305 e. The van der Waals surface area contributed by atoms with Gasteiger partial charge in [0.2, 0.25) is 0 Å². The Bertz CT molecular complexity index is 241. The summed E-state index contributed by atoms with van der Waals surface area (Å²) in [6.45, 7) is 4.55. The Morgan fingerprint density at radius 2 is 1.50 bits per heavy atom. The van der Waals surface area contributed by atoms with Crippen LogP contribution in [0.25, 0.3) is 0 Å². The highest BCUT2D eigenvalue weighted by Gasteiger charge is 2.01. The van der Waals surface area contributed by atoms with Crippen molar-refractivity contribution in [3.05, 3.63) is 24.3 Å². The maximum Gasteiger partial charge on any atom is 0.305 e. The Labute approximate surface area is 112 Å². The van der Waals surface area contributed by atoms with E-state index in [9.17, 15) is 4.79 Å². The summed E-state index contributed by atoms with van der Waals surface area (Å²) in [5.41, 5.74) is 0. The van der Waals surface area contributed by atoms with Crippen LogP contribution in [0.1, 0.15) is 65.2 Å². The molecule has 0 saturated heterocycles. The first kappa shape index (κ1) is 16.9. The molecule has 0 bridgehead atoms. The minimum absolute atomic E-state index is 0.0478. The fourth-order valence-corrected chi connectivity index (χ4v) is 1.71. The second-order valence-electron chi connectivity index (χ2n) is 4.45. The SMILES string of the molecule is CC=CCCOC(=O)CCCCCCC/C=C/C. The molecule has 0 fully saturated rings. The molecule has 0 N–H and O–H groups in total. The topological polar surface area (TPSA) is 26.3 Å². The standard InChI is InChI=1S/C16H28O2/c1-3-5-7-8-9-10-11-12-14-16(17)18-15-13-6-4-2/h3-6H,7-15H2,1-2H3/b5-3+,6-4?. The molecule has 0 spiro atoms. The number of rotatable bonds is 11. The monoisotopic (exact) mass is 252 g/mol. The van der Waals surface area contributed by atoms with Crippen molar-refractivity contribution in [1.29, 1.82) is 0 Å². The number of allylic oxidation sites excluding steroid dienone is 3. The van der Waals surface area contributed by atoms with Crippen molar-refractivity contribution in [3.63, 3.8) is 0 Å². The Hall–Kier alpha value is -1.05. The number of esters is 1. The highest BCUT2D eigenvalue weighted by Crippen LogP contribution is 2.08. The molecule has 0 aromatic heterocycles. The molecule has 2 heteroatoms. The van der Waals surface area contributed by atoms with Crippen molar-refractivity contribution in [1.82, 2.24) is 0 Å². The van der Waals surface area contributed by atoms with Gasteiger partial charge in [-0.1, -0.05) is 43.6 Å². The average molecular weight is 252 g/mol. The van der Waals surface area contributed by atoms with Gasteiger partial charge in [-0.2, -0.15) is 0 Å². The molecule has 0 aromatic carbocycles. The van der Waals surface area contributed by atoms with Gasteiger partial charge in [-0.15, -0.1) is 0 Å². The quantitative estimate of drug-likeness (QED) is 0.300. The van der Waals surface area contributed by atoms with E-state index < -0.39 is 0 Å². The van der Waals surface area contributed by atoms with Crippen molar-refractivity contribution in [2.24, 2.45) is 0 Å². The number of carbonyl (C=O) groups excluding carboxylic acids is 1. The van der Waals surface area contributed by atoms with Gasteiger partial charge in [-0.25, -0.2) is 0 Å². The molecule has 0 amide bonds. The van der Waals surface area contributed by atoms with E-state index in [1.807, 2.05) is 19.1 Å². The van der Waals surface area contributed by atoms with Gasteiger partial charge in [0.15, 0.2) is 0 Å². The fourth-order valence-electron chi connectivity index (χ4n) is 1.71. The Balaban J connectivity index is 3.20. The molecule has 0 unspecified atom stereocenters. The molecular formula is C16H28O2. The van der Waals surface area contributed by atoms with E-state index >= 15 is 0 Å². The van der Waals surface area contributed by atoms with E-state index in [4.69, 9.17) is 4.74 Å². The molecule has 0 heterocycles. The summed E-state index contributed by atoms with van der Waals surface area (Å²) >= 11 is 0. The van der Waals surface area contributed by atoms with Gasteiger partial charge in [0.1, 0.15) is 0 Å². The molecule has 0 atom stereocenters. The molecular weight excluding hydrogens is 224 g/mol. The van der Waals surface area contributed by atoms with Crippen molar-refractivity contribution < 1.29 is 9.53 Å². The maximum absolute atomic E-state index is 11.3. The van der Waals surface area contributed by atoms with Crippen LogP contribution in [0.5, 0.6) is 0 Å². The fraction of sp³-hybridized carbons (Fsp3) is 0.688. The summed E-state index contributed by atoms with van der Waals surface area (Å²) in [6.07, 6.45) is 16.7. The van der Waals surface area contributed by atoms with Crippen LogP contribution >= 0.6 is 0 Å². The zero-order valence-electron chi connectivity index (χ0n) is 12.0. The Morgan fingerprint density at radius 3 is 2.22 bits per heavy atom. The number of ether oxygens (including phenoxy) is 1. The number of unbranched alkanes of at least 4 members (excludes halogenated alkanes) is 5. The molecule has 0 aliphatic heterocycles. The zero-order valence-corrected chi connectivity index (χ0v) is 12.0. The first-order chi connectivity index (χ1) is 8.81. The predicted molar refractivity (Wildman–Crippen MR) is 77.5 cm³/mol. The largest absolute Gasteiger partial charge is 0.465 e. The molecule has 104 valence electrons. The summed E-state index contributed by atoms with van der Waals surface area (Å²) in [5, 5.41) is 0. The second-order valence-corrected chi connectivity index (χ2v) is 4.45. The van der Waals surface area contributed by atoms with Crippen LogP contribution in [0.15, 0.2) is 24.3 Å². The molecule has 18 heavy (non-hydrogen) atoms. The van der Waals surface area contributed by atoms with E-state index in [1.165, 1.54) is 25.7 Å². The molecule has 2 nitrogen and oxygen atoms in total. The number of hydrogen-bond donors (Lipinski definition) is 0. The maximum atomic E-state index is 11.3. The van der Waals surface area contributed by atoms with Crippen LogP contribution in [0.2, 0.25) is 0 Å². The van der Waals surface area contributed by atoms with Crippen LogP contribution in [0, 0.1) is 0 Å². The van der Waals surface area contributed by atoms with Crippen LogP contribution in [-0.2, 0) is 9.53 Å². The highest BCUT2D eigenvalue weighted by atomic mass is 16.5. The molecule has 0 aliphatic rings. The van der Waals surface area contributed by atoms with E-state index in [0.29, 0.717) is 13.0 Å². The van der Waals surface area contributed by atoms with E-state index in [-0.39, 0.29) is 5.97 Å². The summed E-state index contributed by atoms with van der Waals surface area (Å²) in [5.74, 6) is -0.0478. The lowest BCUT2D eigenvalue weighted by Crippen LogP contribution is -2.04. The van der Waals surface area contributed by atoms with Crippen molar-refractivity contribution in [2.45, 2.75) is 65.2 Å². The van der Waals surface area contributed by atoms with Crippen LogP contribution in [0.4, 0.5) is 0 Å². The van der Waals surface area contributed by atoms with E-state index in [0.717, 1.165) is 19.3 Å². The summed E-state index contributed by atoms with van der Waals surface area (Å²) in [4.78, 5) is 11.3. The van der Waals surface area contributed by atoms with Gasteiger partial charge in [-0.05, 0) is 39.5 Å². The molecule has 0 rings (SSSR count). The summed E-state index contributed by atoms with van der Waals surface area (Å²) in [6, 6.07) is 0. The molecule has 0 aromatic rings. The predicted octanol–water partition coefficient (Wildman–Crippen LogP) is 4.80. The van der Waals surface area contributed by atoms with Crippen LogP contribution in [0.3, 0.4) is 0 Å². The van der Waals surface area contributed by atoms with Crippen LogP contribution in [-0.4, -0.2) is 12.6 Å². The van der Waals surface area contributed by atoms with E-state index in [1.54, 1.807) is 0 Å². The van der Waals surface area contributed by atoms with Crippen LogP contribution < -0.4 is 0 Å². The number of hydrogen-bond acceptors (Lipinski definition) is 2.